The molecule has 0 aliphatic heterocycles. The van der Waals surface area contributed by atoms with Crippen molar-refractivity contribution in [2.45, 2.75) is 31.9 Å². The molecule has 0 aromatic carbocycles. The van der Waals surface area contributed by atoms with Gasteiger partial charge in [0.15, 0.2) is 0 Å². The van der Waals surface area contributed by atoms with E-state index in [0.717, 1.165) is 0 Å². The zero-order valence-electron chi connectivity index (χ0n) is 8.63. The van der Waals surface area contributed by atoms with Crippen molar-refractivity contribution in [2.24, 2.45) is 11.8 Å². The van der Waals surface area contributed by atoms with Crippen molar-refractivity contribution in [1.82, 2.24) is 0 Å². The monoisotopic (exact) mass is 254 g/mol. The highest BCUT2D eigenvalue weighted by Crippen LogP contribution is 2.41. The van der Waals surface area contributed by atoms with E-state index in [9.17, 15) is 30.7 Å². The maximum Gasteiger partial charge on any atom is 0.394 e. The van der Waals surface area contributed by atoms with Crippen LogP contribution in [0.4, 0.5) is 30.7 Å². The molecule has 0 saturated heterocycles. The molecule has 0 fully saturated rings. The van der Waals surface area contributed by atoms with Gasteiger partial charge in [-0.3, -0.25) is 8.78 Å². The van der Waals surface area contributed by atoms with Crippen molar-refractivity contribution >= 4 is 0 Å². The van der Waals surface area contributed by atoms with Crippen LogP contribution in [-0.2, 0) is 0 Å². The Bertz CT molecular complexity index is 195. The minimum Gasteiger partial charge on any atom is -0.251 e. The predicted octanol–water partition coefficient (Wildman–Crippen LogP) is 4.16. The number of alkyl halides is 7. The Balaban J connectivity index is 4.78. The quantitative estimate of drug-likeness (QED) is 0.624. The first kappa shape index (κ1) is 15.5. The molecule has 98 valence electrons. The maximum absolute atomic E-state index is 13.1. The lowest BCUT2D eigenvalue weighted by Crippen LogP contribution is -2.40. The van der Waals surface area contributed by atoms with Gasteiger partial charge in [0, 0.05) is 0 Å². The Morgan fingerprint density at radius 3 is 1.69 bits per heavy atom. The Labute approximate surface area is 88.8 Å². The molecular weight excluding hydrogens is 241 g/mol. The van der Waals surface area contributed by atoms with Crippen LogP contribution in [0.25, 0.3) is 0 Å². The van der Waals surface area contributed by atoms with Gasteiger partial charge in [-0.1, -0.05) is 13.3 Å². The number of hydrogen-bond acceptors (Lipinski definition) is 0. The summed E-state index contributed by atoms with van der Waals surface area (Å²) in [5, 5.41) is 0. The lowest BCUT2D eigenvalue weighted by molar-refractivity contribution is -0.210. The molecule has 0 bridgehead atoms. The van der Waals surface area contributed by atoms with Crippen molar-refractivity contribution in [1.29, 1.82) is 0 Å². The second-order valence-corrected chi connectivity index (χ2v) is 3.64. The highest BCUT2D eigenvalue weighted by molar-refractivity contribution is 4.84. The number of halogens is 7. The van der Waals surface area contributed by atoms with Crippen LogP contribution in [0.3, 0.4) is 0 Å². The average molecular weight is 254 g/mol. The first-order valence-corrected chi connectivity index (χ1v) is 4.74. The van der Waals surface area contributed by atoms with E-state index in [-0.39, 0.29) is 6.42 Å². The van der Waals surface area contributed by atoms with Gasteiger partial charge in [-0.2, -0.15) is 13.2 Å². The molecule has 0 spiro atoms. The zero-order valence-corrected chi connectivity index (χ0v) is 8.63. The van der Waals surface area contributed by atoms with E-state index < -0.39 is 43.7 Å². The van der Waals surface area contributed by atoms with E-state index >= 15 is 0 Å². The maximum atomic E-state index is 13.1. The van der Waals surface area contributed by atoms with E-state index in [1.54, 1.807) is 0 Å². The standard InChI is InChI=1S/C9H13F7/c1-2-6(3-10)7(4-11)8(12,13)5-9(14,15)16/h6-7H,2-5H2,1H3. The van der Waals surface area contributed by atoms with Crippen molar-refractivity contribution in [2.75, 3.05) is 13.3 Å². The first-order chi connectivity index (χ1) is 7.18. The molecule has 16 heavy (non-hydrogen) atoms. The van der Waals surface area contributed by atoms with Gasteiger partial charge in [-0.25, -0.2) is 8.78 Å². The molecule has 0 aliphatic carbocycles. The highest BCUT2D eigenvalue weighted by atomic mass is 19.4. The lowest BCUT2D eigenvalue weighted by atomic mass is 9.85. The van der Waals surface area contributed by atoms with E-state index in [4.69, 9.17) is 0 Å². The molecule has 0 nitrogen and oxygen atoms in total. The van der Waals surface area contributed by atoms with Crippen LogP contribution >= 0.6 is 0 Å². The fourth-order valence-corrected chi connectivity index (χ4v) is 1.48. The van der Waals surface area contributed by atoms with Crippen LogP contribution < -0.4 is 0 Å². The first-order valence-electron chi connectivity index (χ1n) is 4.74. The van der Waals surface area contributed by atoms with Crippen molar-refractivity contribution < 1.29 is 30.7 Å². The molecule has 0 heterocycles. The Kier molecular flexibility index (Phi) is 5.55. The van der Waals surface area contributed by atoms with E-state index in [1.807, 2.05) is 0 Å². The molecule has 0 N–H and O–H groups in total. The summed E-state index contributed by atoms with van der Waals surface area (Å²) in [6, 6.07) is 0. The molecule has 0 rings (SSSR count). The summed E-state index contributed by atoms with van der Waals surface area (Å²) < 4.78 is 86.2. The third-order valence-electron chi connectivity index (χ3n) is 2.44. The molecule has 0 amide bonds. The van der Waals surface area contributed by atoms with Crippen LogP contribution in [0.2, 0.25) is 0 Å². The summed E-state index contributed by atoms with van der Waals surface area (Å²) in [6.45, 7) is -1.58. The SMILES string of the molecule is CCC(CF)C(CF)C(F)(F)CC(F)(F)F. The van der Waals surface area contributed by atoms with Crippen molar-refractivity contribution in [3.05, 3.63) is 0 Å². The second-order valence-electron chi connectivity index (χ2n) is 3.64. The minimum atomic E-state index is -5.09. The number of rotatable bonds is 6. The lowest BCUT2D eigenvalue weighted by Gasteiger charge is -2.30. The molecule has 2 unspecified atom stereocenters. The van der Waals surface area contributed by atoms with Gasteiger partial charge in [0.1, 0.15) is 6.42 Å². The smallest absolute Gasteiger partial charge is 0.251 e. The summed E-state index contributed by atoms with van der Waals surface area (Å²) in [6.07, 6.45) is -7.63. The van der Waals surface area contributed by atoms with Crippen LogP contribution in [0.5, 0.6) is 0 Å². The number of hydrogen-bond donors (Lipinski definition) is 0. The molecule has 7 heteroatoms. The fraction of sp³-hybridized carbons (Fsp3) is 1.00. The van der Waals surface area contributed by atoms with Gasteiger partial charge in [0.25, 0.3) is 5.92 Å². The van der Waals surface area contributed by atoms with E-state index in [0.29, 0.717) is 0 Å². The topological polar surface area (TPSA) is 0 Å². The molecule has 0 aromatic rings. The molecule has 0 saturated carbocycles. The predicted molar refractivity (Wildman–Crippen MR) is 44.8 cm³/mol. The van der Waals surface area contributed by atoms with Crippen LogP contribution in [0.1, 0.15) is 19.8 Å². The van der Waals surface area contributed by atoms with Gasteiger partial charge < -0.3 is 0 Å². The molecule has 0 radical (unpaired) electrons. The van der Waals surface area contributed by atoms with Gasteiger partial charge >= 0.3 is 6.18 Å². The summed E-state index contributed by atoms with van der Waals surface area (Å²) >= 11 is 0. The van der Waals surface area contributed by atoms with E-state index in [1.165, 1.54) is 6.92 Å². The second kappa shape index (κ2) is 5.72. The summed E-state index contributed by atoms with van der Waals surface area (Å²) in [7, 11) is 0. The summed E-state index contributed by atoms with van der Waals surface area (Å²) in [5.74, 6) is -7.87. The van der Waals surface area contributed by atoms with Gasteiger partial charge in [-0.05, 0) is 5.92 Å². The zero-order chi connectivity index (χ0) is 13.0. The molecular formula is C9H13F7. The third kappa shape index (κ3) is 4.57. The van der Waals surface area contributed by atoms with Crippen LogP contribution in [0, 0.1) is 11.8 Å². The normalized spacial score (nSPS) is 17.2. The Morgan fingerprint density at radius 2 is 1.44 bits per heavy atom. The third-order valence-corrected chi connectivity index (χ3v) is 2.44. The van der Waals surface area contributed by atoms with Crippen LogP contribution in [-0.4, -0.2) is 25.4 Å². The van der Waals surface area contributed by atoms with E-state index in [2.05, 4.69) is 0 Å². The average Bonchev–Trinajstić information content (AvgIpc) is 2.09. The van der Waals surface area contributed by atoms with Crippen molar-refractivity contribution in [3.63, 3.8) is 0 Å². The highest BCUT2D eigenvalue weighted by Gasteiger charge is 2.51. The van der Waals surface area contributed by atoms with Gasteiger partial charge in [0.05, 0.1) is 19.3 Å². The largest absolute Gasteiger partial charge is 0.394 e. The van der Waals surface area contributed by atoms with Crippen LogP contribution in [0.15, 0.2) is 0 Å². The molecule has 0 aliphatic rings. The van der Waals surface area contributed by atoms with Crippen molar-refractivity contribution in [3.8, 4) is 0 Å². The van der Waals surface area contributed by atoms with Gasteiger partial charge in [-0.15, -0.1) is 0 Å². The Morgan fingerprint density at radius 1 is 0.938 bits per heavy atom. The summed E-state index contributed by atoms with van der Waals surface area (Å²) in [5.41, 5.74) is 0. The minimum absolute atomic E-state index is 0.126. The summed E-state index contributed by atoms with van der Waals surface area (Å²) in [4.78, 5) is 0. The molecule has 2 atom stereocenters. The van der Waals surface area contributed by atoms with Gasteiger partial charge in [0.2, 0.25) is 0 Å². The molecule has 0 aromatic heterocycles. The fourth-order valence-electron chi connectivity index (χ4n) is 1.48. The Hall–Kier alpha value is -0.490.